The van der Waals surface area contributed by atoms with Gasteiger partial charge in [-0.15, -0.1) is 0 Å². The first-order valence-corrected chi connectivity index (χ1v) is 13.5. The van der Waals surface area contributed by atoms with Gasteiger partial charge in [0.05, 0.1) is 13.2 Å². The van der Waals surface area contributed by atoms with Crippen molar-refractivity contribution < 1.29 is 43.7 Å². The first kappa shape index (κ1) is 25.9. The Morgan fingerprint density at radius 1 is 1.06 bits per heavy atom. The number of carbonyl (C=O) groups excluding carboxylic acids is 1. The van der Waals surface area contributed by atoms with Gasteiger partial charge in [-0.3, -0.25) is 4.79 Å². The van der Waals surface area contributed by atoms with E-state index >= 15 is 0 Å². The first-order valence-electron chi connectivity index (χ1n) is 8.96. The summed E-state index contributed by atoms with van der Waals surface area (Å²) in [4.78, 5) is 13.2. The van der Waals surface area contributed by atoms with Crippen LogP contribution < -0.4 is 8.31 Å². The Bertz CT molecular complexity index is 995. The van der Waals surface area contributed by atoms with Crippen LogP contribution in [0.2, 0.25) is 0 Å². The van der Waals surface area contributed by atoms with E-state index in [1.165, 1.54) is 12.1 Å². The van der Waals surface area contributed by atoms with E-state index in [0.29, 0.717) is 17.3 Å². The van der Waals surface area contributed by atoms with Crippen molar-refractivity contribution >= 4 is 37.0 Å². The van der Waals surface area contributed by atoms with Gasteiger partial charge in [0.25, 0.3) is 0 Å². The van der Waals surface area contributed by atoms with E-state index in [2.05, 4.69) is 4.18 Å². The number of hydrogen-bond donors (Lipinski definition) is 1. The van der Waals surface area contributed by atoms with Crippen LogP contribution >= 0.6 is 0 Å². The average Bonchev–Trinajstić information content (AvgIpc) is 2.59. The van der Waals surface area contributed by atoms with Crippen LogP contribution in [0.25, 0.3) is 0 Å². The van der Waals surface area contributed by atoms with Crippen LogP contribution in [0.4, 0.5) is 13.2 Å². The molecule has 1 aliphatic heterocycles. The second-order valence-corrected chi connectivity index (χ2v) is 13.3. The molecule has 0 spiro atoms. The van der Waals surface area contributed by atoms with E-state index in [-0.39, 0.29) is 32.9 Å². The summed E-state index contributed by atoms with van der Waals surface area (Å²) in [5, 5.41) is -0.300. The zero-order valence-corrected chi connectivity index (χ0v) is 19.4. The lowest BCUT2D eigenvalue weighted by molar-refractivity contribution is -0.0442. The minimum atomic E-state index is -6.16. The lowest BCUT2D eigenvalue weighted by Gasteiger charge is -2.31. The number of rotatable bonds is 7. The van der Waals surface area contributed by atoms with Crippen molar-refractivity contribution in [2.45, 2.75) is 31.5 Å². The van der Waals surface area contributed by atoms with Gasteiger partial charge in [-0.25, -0.2) is 8.42 Å². The maximum absolute atomic E-state index is 13.2. The van der Waals surface area contributed by atoms with Crippen LogP contribution in [0.3, 0.4) is 0 Å². The number of benzene rings is 1. The van der Waals surface area contributed by atoms with Crippen molar-refractivity contribution in [3.05, 3.63) is 29.8 Å². The molecular weight excluding hydrogens is 483 g/mol. The van der Waals surface area contributed by atoms with Crippen LogP contribution in [0, 0.1) is 5.41 Å². The van der Waals surface area contributed by atoms with E-state index in [9.17, 15) is 34.8 Å². The van der Waals surface area contributed by atoms with Gasteiger partial charge in [0.1, 0.15) is 17.3 Å². The molecule has 1 heterocycles. The Balaban J connectivity index is 2.19. The highest BCUT2D eigenvalue weighted by atomic mass is 32.3. The normalized spacial score (nSPS) is 17.9. The Hall–Kier alpha value is -1.35. The Morgan fingerprint density at radius 3 is 2.03 bits per heavy atom. The third kappa shape index (κ3) is 6.81. The Labute approximate surface area is 182 Å². The molecule has 1 fully saturated rings. The predicted octanol–water partition coefficient (Wildman–Crippen LogP) is 2.00. The molecule has 0 bridgehead atoms. The SMILES string of the molecule is CC(C)(C)C(C(=O)c1ccc(OS(=O)(=O)NS(=O)(=O)C(F)(F)F)cc1)[S+]1CCOCC1. The number of Topliss-reactive ketones (excluding diaryl/α,β-unsaturated/α-hetero) is 1. The highest BCUT2D eigenvalue weighted by Crippen LogP contribution is 2.32. The molecule has 1 aromatic carbocycles. The second-order valence-electron chi connectivity index (χ2n) is 7.76. The number of nitrogens with one attached hydrogen (secondary N) is 1. The van der Waals surface area contributed by atoms with Crippen molar-refractivity contribution in [2.24, 2.45) is 5.41 Å². The van der Waals surface area contributed by atoms with Crippen molar-refractivity contribution in [1.82, 2.24) is 4.13 Å². The van der Waals surface area contributed by atoms with E-state index in [0.717, 1.165) is 23.6 Å². The highest BCUT2D eigenvalue weighted by molar-refractivity contribution is 8.03. The summed E-state index contributed by atoms with van der Waals surface area (Å²) in [5.74, 6) is 0.908. The molecule has 31 heavy (non-hydrogen) atoms. The average molecular weight is 507 g/mol. The van der Waals surface area contributed by atoms with Gasteiger partial charge in [-0.1, -0.05) is 24.9 Å². The fourth-order valence-electron chi connectivity index (χ4n) is 2.97. The molecule has 0 radical (unpaired) electrons. The summed E-state index contributed by atoms with van der Waals surface area (Å²) in [6, 6.07) is 4.71. The van der Waals surface area contributed by atoms with Crippen LogP contribution in [0.1, 0.15) is 31.1 Å². The van der Waals surface area contributed by atoms with E-state index < -0.39 is 31.6 Å². The number of sulfonamides is 1. The summed E-state index contributed by atoms with van der Waals surface area (Å²) in [5.41, 5.74) is -5.89. The monoisotopic (exact) mass is 506 g/mol. The molecule has 1 N–H and O–H groups in total. The van der Waals surface area contributed by atoms with E-state index in [1.54, 1.807) is 0 Å². The van der Waals surface area contributed by atoms with Gasteiger partial charge >= 0.3 is 25.8 Å². The lowest BCUT2D eigenvalue weighted by Crippen LogP contribution is -2.47. The molecule has 14 heteroatoms. The number of halogens is 3. The number of ketones is 1. The molecule has 176 valence electrons. The molecule has 0 aromatic heterocycles. The quantitative estimate of drug-likeness (QED) is 0.444. The number of carbonyl (C=O) groups is 1. The van der Waals surface area contributed by atoms with E-state index in [1.807, 2.05) is 20.8 Å². The van der Waals surface area contributed by atoms with Gasteiger partial charge in [-0.05, 0) is 24.3 Å². The fourth-order valence-corrected chi connectivity index (χ4v) is 7.70. The number of hydrogen-bond acceptors (Lipinski definition) is 7. The van der Waals surface area contributed by atoms with Crippen molar-refractivity contribution in [3.63, 3.8) is 0 Å². The number of ether oxygens (including phenoxy) is 1. The third-order valence-corrected chi connectivity index (χ3v) is 9.88. The zero-order valence-electron chi connectivity index (χ0n) is 16.9. The molecule has 0 amide bonds. The van der Waals surface area contributed by atoms with Crippen molar-refractivity contribution in [2.75, 3.05) is 24.7 Å². The minimum Gasteiger partial charge on any atom is -0.372 e. The van der Waals surface area contributed by atoms with Crippen LogP contribution in [-0.2, 0) is 36.0 Å². The molecule has 2 rings (SSSR count). The smallest absolute Gasteiger partial charge is 0.372 e. The fraction of sp³-hybridized carbons (Fsp3) is 0.588. The van der Waals surface area contributed by atoms with E-state index in [4.69, 9.17) is 4.74 Å². The molecule has 1 atom stereocenters. The minimum absolute atomic E-state index is 0.148. The molecule has 0 saturated carbocycles. The number of alkyl halides is 3. The molecular formula is C17H23F3NO7S3+. The summed E-state index contributed by atoms with van der Waals surface area (Å²) in [7, 11) is -11.7. The molecule has 8 nitrogen and oxygen atoms in total. The highest BCUT2D eigenvalue weighted by Gasteiger charge is 2.49. The maximum atomic E-state index is 13.2. The predicted molar refractivity (Wildman–Crippen MR) is 110 cm³/mol. The van der Waals surface area contributed by atoms with Gasteiger partial charge in [-0.2, -0.15) is 21.6 Å². The molecule has 1 aromatic rings. The molecule has 0 aliphatic carbocycles. The summed E-state index contributed by atoms with van der Waals surface area (Å²) < 4.78 is 92.5. The lowest BCUT2D eigenvalue weighted by atomic mass is 9.87. The largest absolute Gasteiger partial charge is 0.512 e. The van der Waals surface area contributed by atoms with Gasteiger partial charge < -0.3 is 8.92 Å². The molecule has 1 unspecified atom stereocenters. The second kappa shape index (κ2) is 9.25. The summed E-state index contributed by atoms with van der Waals surface area (Å²) in [6.45, 7) is 7.00. The molecule has 1 aliphatic rings. The third-order valence-electron chi connectivity index (χ3n) is 4.20. The van der Waals surface area contributed by atoms with Crippen molar-refractivity contribution in [3.8, 4) is 5.75 Å². The first-order chi connectivity index (χ1) is 14.0. The summed E-state index contributed by atoms with van der Waals surface area (Å²) >= 11 is 0. The maximum Gasteiger partial charge on any atom is 0.512 e. The van der Waals surface area contributed by atoms with Gasteiger partial charge in [0.15, 0.2) is 5.25 Å². The van der Waals surface area contributed by atoms with Crippen LogP contribution in [-0.4, -0.2) is 58.1 Å². The Morgan fingerprint density at radius 2 is 1.58 bits per heavy atom. The van der Waals surface area contributed by atoms with Crippen molar-refractivity contribution in [1.29, 1.82) is 0 Å². The summed E-state index contributed by atoms with van der Waals surface area (Å²) in [6.07, 6.45) is 0. The van der Waals surface area contributed by atoms with Gasteiger partial charge in [0, 0.05) is 21.9 Å². The van der Waals surface area contributed by atoms with Crippen LogP contribution in [0.15, 0.2) is 24.3 Å². The Kier molecular flexibility index (Phi) is 7.73. The van der Waals surface area contributed by atoms with Gasteiger partial charge in [0.2, 0.25) is 5.78 Å². The zero-order chi connectivity index (χ0) is 23.7. The van der Waals surface area contributed by atoms with Crippen LogP contribution in [0.5, 0.6) is 5.75 Å². The molecule has 1 saturated heterocycles. The topological polar surface area (TPSA) is 116 Å². The standard InChI is InChI=1S/C17H23F3NO7S3/c1-16(2,3)15(29-10-8-27-9-11-29)14(22)12-4-6-13(7-5-12)28-31(25,26)21-30(23,24)17(18,19)20/h4-7,15,21H,8-11H2,1-3H3/q+1.